The van der Waals surface area contributed by atoms with E-state index in [1.165, 1.54) is 76.9 Å². The fraction of sp³-hybridized carbons (Fsp3) is 0.150. The van der Waals surface area contributed by atoms with Gasteiger partial charge < -0.3 is 0 Å². The van der Waals surface area contributed by atoms with Gasteiger partial charge in [0.25, 0.3) is 0 Å². The third-order valence-electron chi connectivity index (χ3n) is 8.91. The molecule has 0 N–H and O–H groups in total. The second-order valence-electron chi connectivity index (χ2n) is 12.1. The fourth-order valence-corrected chi connectivity index (χ4v) is 7.47. The van der Waals surface area contributed by atoms with Crippen molar-refractivity contribution in [3.05, 3.63) is 155 Å². The van der Waals surface area contributed by atoms with Crippen molar-refractivity contribution in [2.75, 3.05) is 0 Å². The first-order valence-electron chi connectivity index (χ1n) is 15.1. The average molecular weight is 540 g/mol. The number of aryl methyl sites for hydroxylation is 6. The number of fused-ring (bicyclic) bond motifs is 1. The zero-order valence-electron chi connectivity index (χ0n) is 25.7. The van der Waals surface area contributed by atoms with Crippen LogP contribution in [-0.4, -0.2) is 13.4 Å². The van der Waals surface area contributed by atoms with Crippen LogP contribution in [0.3, 0.4) is 0 Å². The first-order valence-corrected chi connectivity index (χ1v) is 15.1. The minimum absolute atomic E-state index is 0.114. The number of benzene rings is 6. The molecule has 0 fully saturated rings. The van der Waals surface area contributed by atoms with Crippen LogP contribution in [0.5, 0.6) is 0 Å². The summed E-state index contributed by atoms with van der Waals surface area (Å²) in [5.41, 5.74) is 16.3. The standard InChI is InChI=1S/C40H38B2/c1-27-23-29(3)39(30(4)24-27)42(40-31(5)25-28(2)26-32(40)6)37-22-14-16-33-15-13-21-36(38(33)37)41(34-17-9-7-10-18-34)35-19-11-8-12-20-35/h7-26H,1-6H3. The molecule has 0 saturated heterocycles. The summed E-state index contributed by atoms with van der Waals surface area (Å²) in [4.78, 5) is 0. The van der Waals surface area contributed by atoms with E-state index in [9.17, 15) is 0 Å². The van der Waals surface area contributed by atoms with E-state index in [4.69, 9.17) is 0 Å². The van der Waals surface area contributed by atoms with Crippen molar-refractivity contribution in [3.8, 4) is 0 Å². The van der Waals surface area contributed by atoms with Gasteiger partial charge in [0.15, 0.2) is 0 Å². The third kappa shape index (κ3) is 5.12. The van der Waals surface area contributed by atoms with Crippen LogP contribution in [0.15, 0.2) is 121 Å². The molecule has 0 radical (unpaired) electrons. The highest BCUT2D eigenvalue weighted by Crippen LogP contribution is 2.17. The molecular weight excluding hydrogens is 502 g/mol. The first kappa shape index (κ1) is 27.9. The van der Waals surface area contributed by atoms with Gasteiger partial charge in [-0.25, -0.2) is 0 Å². The molecule has 0 spiro atoms. The van der Waals surface area contributed by atoms with E-state index in [-0.39, 0.29) is 13.4 Å². The van der Waals surface area contributed by atoms with Crippen molar-refractivity contribution in [2.45, 2.75) is 41.5 Å². The van der Waals surface area contributed by atoms with Crippen LogP contribution >= 0.6 is 0 Å². The molecule has 42 heavy (non-hydrogen) atoms. The minimum Gasteiger partial charge on any atom is -0.0686 e. The Morgan fingerprint density at radius 3 is 1.17 bits per heavy atom. The maximum absolute atomic E-state index is 2.39. The van der Waals surface area contributed by atoms with Crippen LogP contribution in [0, 0.1) is 41.5 Å². The van der Waals surface area contributed by atoms with Gasteiger partial charge in [0.2, 0.25) is 13.4 Å². The Morgan fingerprint density at radius 2 is 0.762 bits per heavy atom. The topological polar surface area (TPSA) is 0 Å². The van der Waals surface area contributed by atoms with Crippen molar-refractivity contribution in [1.82, 2.24) is 0 Å². The maximum atomic E-state index is 2.39. The van der Waals surface area contributed by atoms with Gasteiger partial charge in [-0.3, -0.25) is 0 Å². The summed E-state index contributed by atoms with van der Waals surface area (Å²) in [7, 11) is 0. The van der Waals surface area contributed by atoms with E-state index in [1.54, 1.807) is 0 Å². The van der Waals surface area contributed by atoms with Crippen LogP contribution in [0.25, 0.3) is 10.8 Å². The lowest BCUT2D eigenvalue weighted by molar-refractivity contribution is 1.34. The lowest BCUT2D eigenvalue weighted by Crippen LogP contribution is -2.58. The van der Waals surface area contributed by atoms with Crippen LogP contribution in [0.1, 0.15) is 33.4 Å². The summed E-state index contributed by atoms with van der Waals surface area (Å²) >= 11 is 0. The molecule has 6 aromatic carbocycles. The lowest BCUT2D eigenvalue weighted by atomic mass is 9.31. The quantitative estimate of drug-likeness (QED) is 0.237. The average Bonchev–Trinajstić information content (AvgIpc) is 2.96. The molecule has 2 heteroatoms. The predicted molar refractivity (Wildman–Crippen MR) is 187 cm³/mol. The molecule has 0 amide bonds. The monoisotopic (exact) mass is 540 g/mol. The summed E-state index contributed by atoms with van der Waals surface area (Å²) in [6.07, 6.45) is 0. The zero-order chi connectivity index (χ0) is 29.4. The van der Waals surface area contributed by atoms with E-state index < -0.39 is 0 Å². The van der Waals surface area contributed by atoms with E-state index in [1.807, 2.05) is 0 Å². The Balaban J connectivity index is 1.73. The van der Waals surface area contributed by atoms with E-state index in [0.29, 0.717) is 0 Å². The molecule has 0 aliphatic rings. The van der Waals surface area contributed by atoms with Gasteiger partial charge in [-0.1, -0.05) is 187 Å². The minimum atomic E-state index is 0.114. The molecule has 0 aliphatic carbocycles. The molecule has 6 rings (SSSR count). The molecule has 0 aliphatic heterocycles. The van der Waals surface area contributed by atoms with Crippen LogP contribution in [0.4, 0.5) is 0 Å². The molecule has 0 unspecified atom stereocenters. The summed E-state index contributed by atoms with van der Waals surface area (Å²) in [5.74, 6) is 0. The predicted octanol–water partition coefficient (Wildman–Crippen LogP) is 5.72. The van der Waals surface area contributed by atoms with Gasteiger partial charge in [0.1, 0.15) is 0 Å². The van der Waals surface area contributed by atoms with Gasteiger partial charge >= 0.3 is 0 Å². The highest BCUT2D eigenvalue weighted by Gasteiger charge is 2.32. The van der Waals surface area contributed by atoms with E-state index >= 15 is 0 Å². The van der Waals surface area contributed by atoms with Gasteiger partial charge in [-0.05, 0) is 52.3 Å². The summed E-state index contributed by atoms with van der Waals surface area (Å²) in [6, 6.07) is 45.2. The Labute approximate surface area is 252 Å². The molecule has 0 bridgehead atoms. The van der Waals surface area contributed by atoms with Crippen LogP contribution in [0.2, 0.25) is 0 Å². The number of hydrogen-bond acceptors (Lipinski definition) is 0. The molecular formula is C40H38B2. The molecule has 0 nitrogen and oxygen atoms in total. The maximum Gasteiger partial charge on any atom is 0.243 e. The van der Waals surface area contributed by atoms with E-state index in [2.05, 4.69) is 163 Å². The van der Waals surface area contributed by atoms with Crippen molar-refractivity contribution < 1.29 is 0 Å². The Hall–Kier alpha value is -4.29. The SMILES string of the molecule is Cc1cc(C)c(B(c2c(C)cc(C)cc2C)c2cccc3cccc(B(c4ccccc4)c4ccccc4)c23)c(C)c1. The molecule has 0 saturated carbocycles. The number of rotatable bonds is 6. The van der Waals surface area contributed by atoms with Gasteiger partial charge in [0, 0.05) is 0 Å². The molecule has 6 aromatic rings. The van der Waals surface area contributed by atoms with Crippen LogP contribution < -0.4 is 32.8 Å². The van der Waals surface area contributed by atoms with Gasteiger partial charge in [0.05, 0.1) is 0 Å². The third-order valence-corrected chi connectivity index (χ3v) is 8.91. The Kier molecular flexibility index (Phi) is 7.65. The summed E-state index contributed by atoms with van der Waals surface area (Å²) in [6.45, 7) is 13.8. The fourth-order valence-electron chi connectivity index (χ4n) is 7.47. The molecule has 204 valence electrons. The van der Waals surface area contributed by atoms with Crippen molar-refractivity contribution in [1.29, 1.82) is 0 Å². The molecule has 0 atom stereocenters. The smallest absolute Gasteiger partial charge is 0.0686 e. The Morgan fingerprint density at radius 1 is 0.381 bits per heavy atom. The lowest BCUT2D eigenvalue weighted by Gasteiger charge is -2.27. The van der Waals surface area contributed by atoms with E-state index in [0.717, 1.165) is 0 Å². The number of hydrogen-bond donors (Lipinski definition) is 0. The van der Waals surface area contributed by atoms with Crippen LogP contribution in [-0.2, 0) is 0 Å². The highest BCUT2D eigenvalue weighted by atomic mass is 14.1. The van der Waals surface area contributed by atoms with Gasteiger partial charge in [-0.15, -0.1) is 0 Å². The summed E-state index contributed by atoms with van der Waals surface area (Å²) in [5, 5.41) is 2.65. The van der Waals surface area contributed by atoms with Crippen molar-refractivity contribution in [2.24, 2.45) is 0 Å². The second kappa shape index (κ2) is 11.5. The molecule has 0 aromatic heterocycles. The molecule has 0 heterocycles. The first-order chi connectivity index (χ1) is 20.3. The largest absolute Gasteiger partial charge is 0.243 e. The normalized spacial score (nSPS) is 11.1. The highest BCUT2D eigenvalue weighted by molar-refractivity contribution is 7.01. The second-order valence-corrected chi connectivity index (χ2v) is 12.1. The van der Waals surface area contributed by atoms with Crippen molar-refractivity contribution >= 4 is 57.0 Å². The zero-order valence-corrected chi connectivity index (χ0v) is 25.7. The Bertz CT molecular complexity index is 1740. The van der Waals surface area contributed by atoms with Gasteiger partial charge in [-0.2, -0.15) is 0 Å². The van der Waals surface area contributed by atoms with Crippen molar-refractivity contribution in [3.63, 3.8) is 0 Å². The summed E-state index contributed by atoms with van der Waals surface area (Å²) < 4.78 is 0.